The molecule has 0 spiro atoms. The molecular weight excluding hydrogens is 271 g/mol. The quantitative estimate of drug-likeness (QED) is 0.805. The molecule has 0 saturated heterocycles. The molecule has 0 bridgehead atoms. The van der Waals surface area contributed by atoms with Crippen molar-refractivity contribution in [3.05, 3.63) is 43.0 Å². The van der Waals surface area contributed by atoms with Crippen LogP contribution >= 0.6 is 0 Å². The van der Waals surface area contributed by atoms with Gasteiger partial charge in [0.1, 0.15) is 5.75 Å². The second kappa shape index (κ2) is 4.52. The van der Waals surface area contributed by atoms with Crippen molar-refractivity contribution in [2.75, 3.05) is 0 Å². The molecule has 0 aliphatic heterocycles. The van der Waals surface area contributed by atoms with E-state index >= 15 is 0 Å². The van der Waals surface area contributed by atoms with Gasteiger partial charge in [-0.25, -0.2) is 4.98 Å². The molecule has 19 heavy (non-hydrogen) atoms. The fraction of sp³-hybridized carbons (Fsp3) is 0.182. The minimum Gasteiger partial charge on any atom is -0.426 e. The summed E-state index contributed by atoms with van der Waals surface area (Å²) < 4.78 is 66.4. The number of benzene rings is 1. The molecular formula is C11H6F5N2O. The fourth-order valence-corrected chi connectivity index (χ4v) is 1.28. The zero-order valence-electron chi connectivity index (χ0n) is 9.16. The van der Waals surface area contributed by atoms with Crippen molar-refractivity contribution in [2.24, 2.45) is 0 Å². The van der Waals surface area contributed by atoms with E-state index in [-0.39, 0.29) is 0 Å². The van der Waals surface area contributed by atoms with E-state index in [2.05, 4.69) is 16.0 Å². The Labute approximate surface area is 104 Å². The van der Waals surface area contributed by atoms with Crippen molar-refractivity contribution in [3.63, 3.8) is 0 Å². The lowest BCUT2D eigenvalue weighted by Crippen LogP contribution is -2.41. The molecule has 101 valence electrons. The molecule has 1 aromatic heterocycles. The third kappa shape index (κ3) is 2.83. The zero-order valence-corrected chi connectivity index (χ0v) is 9.16. The van der Waals surface area contributed by atoms with E-state index in [4.69, 9.17) is 0 Å². The normalized spacial score (nSPS) is 12.5. The topological polar surface area (TPSA) is 27.1 Å². The van der Waals surface area contributed by atoms with E-state index in [0.717, 1.165) is 12.1 Å². The first-order valence-corrected chi connectivity index (χ1v) is 4.95. The number of halogens is 5. The smallest absolute Gasteiger partial charge is 0.426 e. The molecule has 0 unspecified atom stereocenters. The largest absolute Gasteiger partial charge is 0.499 e. The second-order valence-corrected chi connectivity index (χ2v) is 3.51. The number of ether oxygens (including phenoxy) is 1. The molecule has 3 nitrogen and oxygen atoms in total. The van der Waals surface area contributed by atoms with Crippen LogP contribution in [0, 0.1) is 6.33 Å². The van der Waals surface area contributed by atoms with E-state index in [0.29, 0.717) is 5.69 Å². The Kier molecular flexibility index (Phi) is 3.17. The maximum Gasteiger partial charge on any atom is 0.499 e. The minimum atomic E-state index is -5.77. The van der Waals surface area contributed by atoms with Crippen LogP contribution < -0.4 is 4.74 Å². The van der Waals surface area contributed by atoms with Crippen LogP contribution in [0.5, 0.6) is 5.75 Å². The maximum atomic E-state index is 12.7. The lowest BCUT2D eigenvalue weighted by molar-refractivity contribution is -0.360. The Morgan fingerprint density at radius 3 is 2.47 bits per heavy atom. The van der Waals surface area contributed by atoms with Gasteiger partial charge in [-0.3, -0.25) is 4.57 Å². The number of alkyl halides is 5. The van der Waals surface area contributed by atoms with Crippen LogP contribution in [0.15, 0.2) is 36.7 Å². The maximum absolute atomic E-state index is 12.7. The van der Waals surface area contributed by atoms with E-state index in [9.17, 15) is 22.0 Å². The highest BCUT2D eigenvalue weighted by Crippen LogP contribution is 2.37. The van der Waals surface area contributed by atoms with Crippen LogP contribution in [-0.2, 0) is 0 Å². The van der Waals surface area contributed by atoms with Crippen LogP contribution in [-0.4, -0.2) is 21.8 Å². The molecule has 1 radical (unpaired) electrons. The molecule has 0 fully saturated rings. The number of hydrogen-bond acceptors (Lipinski definition) is 2. The SMILES string of the molecule is FC(F)(F)C(F)(F)Oc1cccc(-n2[c]ncc2)c1. The molecule has 0 N–H and O–H groups in total. The monoisotopic (exact) mass is 277 g/mol. The Morgan fingerprint density at radius 1 is 1.16 bits per heavy atom. The average molecular weight is 277 g/mol. The number of imidazole rings is 1. The summed E-state index contributed by atoms with van der Waals surface area (Å²) in [5, 5.41) is 0. The lowest BCUT2D eigenvalue weighted by atomic mass is 10.3. The van der Waals surface area contributed by atoms with Gasteiger partial charge < -0.3 is 4.74 Å². The highest BCUT2D eigenvalue weighted by atomic mass is 19.4. The Hall–Kier alpha value is -2.12. The highest BCUT2D eigenvalue weighted by Gasteiger charge is 2.61. The van der Waals surface area contributed by atoms with Gasteiger partial charge in [-0.1, -0.05) is 6.07 Å². The van der Waals surface area contributed by atoms with Crippen molar-refractivity contribution in [1.82, 2.24) is 9.55 Å². The first kappa shape index (κ1) is 13.3. The summed E-state index contributed by atoms with van der Waals surface area (Å²) in [4.78, 5) is 3.61. The molecule has 0 atom stereocenters. The van der Waals surface area contributed by atoms with Crippen LogP contribution in [0.2, 0.25) is 0 Å². The minimum absolute atomic E-state index is 0.299. The molecule has 1 aromatic carbocycles. The predicted molar refractivity (Wildman–Crippen MR) is 54.0 cm³/mol. The molecule has 0 saturated carbocycles. The molecule has 0 aliphatic rings. The average Bonchev–Trinajstić information content (AvgIpc) is 2.80. The highest BCUT2D eigenvalue weighted by molar-refractivity contribution is 5.39. The van der Waals surface area contributed by atoms with Crippen molar-refractivity contribution in [3.8, 4) is 11.4 Å². The summed E-state index contributed by atoms with van der Waals surface area (Å²) >= 11 is 0. The van der Waals surface area contributed by atoms with Gasteiger partial charge in [0.15, 0.2) is 6.33 Å². The molecule has 8 heteroatoms. The Bertz CT molecular complexity index is 550. The van der Waals surface area contributed by atoms with Gasteiger partial charge in [-0.05, 0) is 12.1 Å². The molecule has 2 aromatic rings. The third-order valence-electron chi connectivity index (χ3n) is 2.13. The van der Waals surface area contributed by atoms with Gasteiger partial charge in [0.25, 0.3) is 0 Å². The van der Waals surface area contributed by atoms with Crippen LogP contribution in [0.3, 0.4) is 0 Å². The van der Waals surface area contributed by atoms with Crippen molar-refractivity contribution < 1.29 is 26.7 Å². The molecule has 1 heterocycles. The molecule has 0 amide bonds. The zero-order chi connectivity index (χ0) is 14.1. The first-order valence-electron chi connectivity index (χ1n) is 4.95. The Morgan fingerprint density at radius 2 is 1.89 bits per heavy atom. The van der Waals surface area contributed by atoms with E-state index in [1.54, 1.807) is 0 Å². The summed E-state index contributed by atoms with van der Waals surface area (Å²) in [5.74, 6) is -0.609. The second-order valence-electron chi connectivity index (χ2n) is 3.51. The third-order valence-corrected chi connectivity index (χ3v) is 2.13. The van der Waals surface area contributed by atoms with Gasteiger partial charge in [0.05, 0.1) is 5.69 Å². The van der Waals surface area contributed by atoms with Gasteiger partial charge in [-0.2, -0.15) is 22.0 Å². The Balaban J connectivity index is 2.26. The predicted octanol–water partition coefficient (Wildman–Crippen LogP) is 3.21. The van der Waals surface area contributed by atoms with Gasteiger partial charge in [0.2, 0.25) is 0 Å². The van der Waals surface area contributed by atoms with Gasteiger partial charge >= 0.3 is 12.3 Å². The van der Waals surface area contributed by atoms with Crippen LogP contribution in [0.25, 0.3) is 5.69 Å². The summed E-state index contributed by atoms with van der Waals surface area (Å²) in [6.45, 7) is 0. The first-order chi connectivity index (χ1) is 8.79. The van der Waals surface area contributed by atoms with Crippen LogP contribution in [0.4, 0.5) is 22.0 Å². The summed E-state index contributed by atoms with van der Waals surface area (Å²) in [5.41, 5.74) is 0.299. The molecule has 0 aliphatic carbocycles. The summed E-state index contributed by atoms with van der Waals surface area (Å²) in [6.07, 6.45) is -5.70. The van der Waals surface area contributed by atoms with Gasteiger partial charge in [-0.15, -0.1) is 0 Å². The van der Waals surface area contributed by atoms with E-state index in [1.165, 1.54) is 29.1 Å². The standard InChI is InChI=1S/C11H6F5N2O/c12-10(13,14)11(15,16)19-9-3-1-2-8(6-9)18-5-4-17-7-18/h1-6H. The van der Waals surface area contributed by atoms with Crippen molar-refractivity contribution >= 4 is 0 Å². The summed E-state index contributed by atoms with van der Waals surface area (Å²) in [7, 11) is 0. The van der Waals surface area contributed by atoms with Crippen LogP contribution in [0.1, 0.15) is 0 Å². The lowest BCUT2D eigenvalue weighted by Gasteiger charge is -2.20. The summed E-state index contributed by atoms with van der Waals surface area (Å²) in [6, 6.07) is 4.79. The fourth-order valence-electron chi connectivity index (χ4n) is 1.28. The number of nitrogens with zero attached hydrogens (tertiary/aromatic N) is 2. The number of aromatic nitrogens is 2. The van der Waals surface area contributed by atoms with Gasteiger partial charge in [0, 0.05) is 18.5 Å². The van der Waals surface area contributed by atoms with Crippen molar-refractivity contribution in [1.29, 1.82) is 0 Å². The van der Waals surface area contributed by atoms with Crippen molar-refractivity contribution in [2.45, 2.75) is 12.3 Å². The number of hydrogen-bond donors (Lipinski definition) is 0. The molecule has 2 rings (SSSR count). The van der Waals surface area contributed by atoms with E-state index in [1.807, 2.05) is 0 Å². The number of rotatable bonds is 3. The van der Waals surface area contributed by atoms with E-state index < -0.39 is 18.0 Å².